The van der Waals surface area contributed by atoms with Gasteiger partial charge in [0.15, 0.2) is 0 Å². The maximum Gasteiger partial charge on any atom is 0.250 e. The van der Waals surface area contributed by atoms with E-state index in [1.807, 2.05) is 24.3 Å². The number of rotatable bonds is 7. The van der Waals surface area contributed by atoms with E-state index in [0.29, 0.717) is 13.2 Å². The van der Waals surface area contributed by atoms with Crippen LogP contribution in [0, 0.1) is 0 Å². The second-order valence-electron chi connectivity index (χ2n) is 4.63. The summed E-state index contributed by atoms with van der Waals surface area (Å²) in [5, 5.41) is 3.28. The summed E-state index contributed by atoms with van der Waals surface area (Å²) in [7, 11) is 0. The SMILES string of the molecule is CCNCc1ccc(OCCn2ccccc2=O)c(Br)c1. The largest absolute Gasteiger partial charge is 0.491 e. The van der Waals surface area contributed by atoms with Gasteiger partial charge in [0.1, 0.15) is 12.4 Å². The van der Waals surface area contributed by atoms with Gasteiger partial charge in [-0.15, -0.1) is 0 Å². The molecule has 0 bridgehead atoms. The van der Waals surface area contributed by atoms with Crippen molar-refractivity contribution in [2.75, 3.05) is 13.2 Å². The Labute approximate surface area is 132 Å². The van der Waals surface area contributed by atoms with Gasteiger partial charge in [-0.2, -0.15) is 0 Å². The molecule has 0 saturated carbocycles. The van der Waals surface area contributed by atoms with E-state index in [1.54, 1.807) is 22.9 Å². The molecule has 2 rings (SSSR count). The summed E-state index contributed by atoms with van der Waals surface area (Å²) in [4.78, 5) is 11.6. The first-order chi connectivity index (χ1) is 10.2. The lowest BCUT2D eigenvalue weighted by Gasteiger charge is -2.11. The first kappa shape index (κ1) is 15.8. The van der Waals surface area contributed by atoms with Crippen LogP contribution in [0.15, 0.2) is 51.9 Å². The highest BCUT2D eigenvalue weighted by Crippen LogP contribution is 2.26. The highest BCUT2D eigenvalue weighted by molar-refractivity contribution is 9.10. The summed E-state index contributed by atoms with van der Waals surface area (Å²) < 4.78 is 8.29. The van der Waals surface area contributed by atoms with Gasteiger partial charge in [-0.3, -0.25) is 4.79 Å². The smallest absolute Gasteiger partial charge is 0.250 e. The van der Waals surface area contributed by atoms with E-state index in [2.05, 4.69) is 28.2 Å². The van der Waals surface area contributed by atoms with Crippen molar-refractivity contribution in [1.82, 2.24) is 9.88 Å². The summed E-state index contributed by atoms with van der Waals surface area (Å²) in [6.45, 7) is 4.86. The maximum atomic E-state index is 11.6. The minimum atomic E-state index is -0.0128. The normalized spacial score (nSPS) is 10.6. The molecular formula is C16H19BrN2O2. The zero-order valence-electron chi connectivity index (χ0n) is 12.0. The third-order valence-electron chi connectivity index (χ3n) is 3.06. The van der Waals surface area contributed by atoms with E-state index >= 15 is 0 Å². The second-order valence-corrected chi connectivity index (χ2v) is 5.48. The summed E-state index contributed by atoms with van der Waals surface area (Å²) >= 11 is 3.52. The Hall–Kier alpha value is -1.59. The van der Waals surface area contributed by atoms with Crippen LogP contribution < -0.4 is 15.6 Å². The molecule has 2 aromatic rings. The van der Waals surface area contributed by atoms with Gasteiger partial charge >= 0.3 is 0 Å². The molecule has 0 fully saturated rings. The quantitative estimate of drug-likeness (QED) is 0.834. The van der Waals surface area contributed by atoms with Crippen LogP contribution in [0.2, 0.25) is 0 Å². The Balaban J connectivity index is 1.91. The van der Waals surface area contributed by atoms with Crippen molar-refractivity contribution < 1.29 is 4.74 Å². The van der Waals surface area contributed by atoms with Crippen molar-refractivity contribution >= 4 is 15.9 Å². The van der Waals surface area contributed by atoms with Crippen LogP contribution in [-0.4, -0.2) is 17.7 Å². The minimum Gasteiger partial charge on any atom is -0.491 e. The molecule has 0 radical (unpaired) electrons. The lowest BCUT2D eigenvalue weighted by atomic mass is 10.2. The maximum absolute atomic E-state index is 11.6. The van der Waals surface area contributed by atoms with Gasteiger partial charge in [0.25, 0.3) is 5.56 Å². The van der Waals surface area contributed by atoms with Gasteiger partial charge in [-0.1, -0.05) is 19.1 Å². The molecule has 21 heavy (non-hydrogen) atoms. The average Bonchev–Trinajstić information content (AvgIpc) is 2.49. The van der Waals surface area contributed by atoms with Crippen LogP contribution in [0.4, 0.5) is 0 Å². The van der Waals surface area contributed by atoms with Gasteiger partial charge in [-0.25, -0.2) is 0 Å². The van der Waals surface area contributed by atoms with E-state index in [9.17, 15) is 4.79 Å². The Morgan fingerprint density at radius 3 is 2.86 bits per heavy atom. The molecule has 0 spiro atoms. The second kappa shape index (κ2) is 8.00. The van der Waals surface area contributed by atoms with Crippen LogP contribution in [0.25, 0.3) is 0 Å². The number of aromatic nitrogens is 1. The van der Waals surface area contributed by atoms with Crippen molar-refractivity contribution in [2.45, 2.75) is 20.0 Å². The number of nitrogens with zero attached hydrogens (tertiary/aromatic N) is 1. The zero-order valence-corrected chi connectivity index (χ0v) is 13.6. The Kier molecular flexibility index (Phi) is 6.02. The van der Waals surface area contributed by atoms with Gasteiger partial charge in [0.05, 0.1) is 11.0 Å². The zero-order chi connectivity index (χ0) is 15.1. The highest BCUT2D eigenvalue weighted by atomic mass is 79.9. The van der Waals surface area contributed by atoms with Crippen molar-refractivity contribution in [3.05, 3.63) is 63.0 Å². The average molecular weight is 351 g/mol. The molecule has 1 aromatic heterocycles. The molecule has 0 atom stereocenters. The van der Waals surface area contributed by atoms with E-state index in [1.165, 1.54) is 5.56 Å². The standard InChI is InChI=1S/C16H19BrN2O2/c1-2-18-12-13-6-7-15(14(17)11-13)21-10-9-19-8-4-3-5-16(19)20/h3-8,11,18H,2,9-10,12H2,1H3. The van der Waals surface area contributed by atoms with Crippen molar-refractivity contribution in [2.24, 2.45) is 0 Å². The molecule has 1 aromatic carbocycles. The van der Waals surface area contributed by atoms with E-state index < -0.39 is 0 Å². The summed E-state index contributed by atoms with van der Waals surface area (Å²) in [5.41, 5.74) is 1.19. The number of benzene rings is 1. The summed E-state index contributed by atoms with van der Waals surface area (Å²) in [6, 6.07) is 11.2. The van der Waals surface area contributed by atoms with E-state index in [4.69, 9.17) is 4.74 Å². The van der Waals surface area contributed by atoms with Crippen LogP contribution in [-0.2, 0) is 13.1 Å². The first-order valence-electron chi connectivity index (χ1n) is 6.98. The van der Waals surface area contributed by atoms with Crippen molar-refractivity contribution in [3.63, 3.8) is 0 Å². The fourth-order valence-corrected chi connectivity index (χ4v) is 2.48. The van der Waals surface area contributed by atoms with Gasteiger partial charge < -0.3 is 14.6 Å². The molecule has 0 saturated heterocycles. The van der Waals surface area contributed by atoms with Crippen LogP contribution in [0.5, 0.6) is 5.75 Å². The van der Waals surface area contributed by atoms with E-state index in [-0.39, 0.29) is 5.56 Å². The fraction of sp³-hybridized carbons (Fsp3) is 0.312. The Bertz CT molecular complexity index is 640. The topological polar surface area (TPSA) is 43.3 Å². The predicted octanol–water partition coefficient (Wildman–Crippen LogP) is 2.80. The predicted molar refractivity (Wildman–Crippen MR) is 87.7 cm³/mol. The van der Waals surface area contributed by atoms with Crippen LogP contribution in [0.1, 0.15) is 12.5 Å². The molecule has 0 unspecified atom stereocenters. The van der Waals surface area contributed by atoms with Gasteiger partial charge in [0.2, 0.25) is 0 Å². The number of pyridine rings is 1. The van der Waals surface area contributed by atoms with Crippen LogP contribution >= 0.6 is 15.9 Å². The summed E-state index contributed by atoms with van der Waals surface area (Å²) in [6.07, 6.45) is 1.76. The van der Waals surface area contributed by atoms with Gasteiger partial charge in [0, 0.05) is 18.8 Å². The molecular weight excluding hydrogens is 332 g/mol. The summed E-state index contributed by atoms with van der Waals surface area (Å²) in [5.74, 6) is 0.791. The molecule has 0 aliphatic carbocycles. The molecule has 112 valence electrons. The monoisotopic (exact) mass is 350 g/mol. The van der Waals surface area contributed by atoms with Gasteiger partial charge in [-0.05, 0) is 46.2 Å². The lowest BCUT2D eigenvalue weighted by Crippen LogP contribution is -2.21. The third-order valence-corrected chi connectivity index (χ3v) is 3.68. The molecule has 1 N–H and O–H groups in total. The highest BCUT2D eigenvalue weighted by Gasteiger charge is 2.03. The molecule has 5 heteroatoms. The molecule has 4 nitrogen and oxygen atoms in total. The van der Waals surface area contributed by atoms with Crippen molar-refractivity contribution in [1.29, 1.82) is 0 Å². The molecule has 0 aliphatic heterocycles. The minimum absolute atomic E-state index is 0.0128. The Morgan fingerprint density at radius 2 is 2.14 bits per heavy atom. The molecule has 0 aliphatic rings. The number of hydrogen-bond acceptors (Lipinski definition) is 3. The van der Waals surface area contributed by atoms with Crippen LogP contribution in [0.3, 0.4) is 0 Å². The number of ether oxygens (including phenoxy) is 1. The molecule has 1 heterocycles. The Morgan fingerprint density at radius 1 is 1.29 bits per heavy atom. The number of hydrogen-bond donors (Lipinski definition) is 1. The first-order valence-corrected chi connectivity index (χ1v) is 7.77. The van der Waals surface area contributed by atoms with Crippen molar-refractivity contribution in [3.8, 4) is 5.75 Å². The lowest BCUT2D eigenvalue weighted by molar-refractivity contribution is 0.294. The number of nitrogens with one attached hydrogen (secondary N) is 1. The molecule has 0 amide bonds. The number of halogens is 1. The van der Waals surface area contributed by atoms with E-state index in [0.717, 1.165) is 23.3 Å². The fourth-order valence-electron chi connectivity index (χ4n) is 1.94. The third kappa shape index (κ3) is 4.72.